The van der Waals surface area contributed by atoms with Crippen molar-refractivity contribution in [3.8, 4) is 27.7 Å². The number of nitrogens with zero attached hydrogens (tertiary/aromatic N) is 1. The van der Waals surface area contributed by atoms with E-state index < -0.39 is 8.32 Å². The van der Waals surface area contributed by atoms with Gasteiger partial charge in [-0.1, -0.05) is 41.5 Å². The van der Waals surface area contributed by atoms with Crippen LogP contribution in [-0.4, -0.2) is 34.0 Å². The van der Waals surface area contributed by atoms with E-state index in [9.17, 15) is 4.79 Å². The van der Waals surface area contributed by atoms with Crippen LogP contribution in [-0.2, 0) is 6.42 Å². The second-order valence-electron chi connectivity index (χ2n) is 11.8. The molecule has 208 valence electrons. The molecule has 1 fully saturated rings. The molecule has 2 aromatic carbocycles. The number of hydrogen-bond donors (Lipinski definition) is 0. The predicted octanol–water partition coefficient (Wildman–Crippen LogP) is 8.72. The molecule has 1 amide bonds. The number of carbonyl (C=O) groups excluding carboxylic acids is 1. The molecule has 2 aliphatic rings. The molecule has 1 aliphatic carbocycles. The Kier molecular flexibility index (Phi) is 7.84. The van der Waals surface area contributed by atoms with Crippen molar-refractivity contribution in [1.82, 2.24) is 0 Å². The minimum atomic E-state index is -2.14. The van der Waals surface area contributed by atoms with E-state index in [4.69, 9.17) is 13.9 Å². The molecular weight excluding hydrogens is 523 g/mol. The van der Waals surface area contributed by atoms with E-state index in [2.05, 4.69) is 59.7 Å². The normalized spacial score (nSPS) is 15.7. The van der Waals surface area contributed by atoms with Crippen molar-refractivity contribution >= 4 is 31.2 Å². The number of ether oxygens (including phenoxy) is 2. The molecule has 0 atom stereocenters. The molecule has 0 radical (unpaired) electrons. The van der Waals surface area contributed by atoms with Crippen LogP contribution >= 0.6 is 11.3 Å². The van der Waals surface area contributed by atoms with Crippen molar-refractivity contribution in [2.75, 3.05) is 18.6 Å². The lowest BCUT2D eigenvalue weighted by molar-refractivity contribution is 0.0985. The van der Waals surface area contributed by atoms with Gasteiger partial charge in [-0.3, -0.25) is 4.79 Å². The SMILES string of the molecule is COc1cc(N2CCc3cc(-c4ccc(OC5CC5)cc4)sc3C2=O)ccc1O[Si](C(C)C)(C(C)C)C(C)C. The zero-order valence-electron chi connectivity index (χ0n) is 24.2. The average Bonchev–Trinajstić information content (AvgIpc) is 3.61. The Morgan fingerprint density at radius 3 is 2.15 bits per heavy atom. The summed E-state index contributed by atoms with van der Waals surface area (Å²) in [5.41, 5.74) is 4.46. The van der Waals surface area contributed by atoms with Crippen LogP contribution in [0.15, 0.2) is 48.5 Å². The summed E-state index contributed by atoms with van der Waals surface area (Å²) in [6.07, 6.45) is 3.51. The number of rotatable bonds is 10. The predicted molar refractivity (Wildman–Crippen MR) is 163 cm³/mol. The topological polar surface area (TPSA) is 48.0 Å². The number of benzene rings is 2. The molecule has 0 spiro atoms. The van der Waals surface area contributed by atoms with Gasteiger partial charge in [-0.15, -0.1) is 11.3 Å². The van der Waals surface area contributed by atoms with Crippen LogP contribution in [0.4, 0.5) is 5.69 Å². The Balaban J connectivity index is 1.38. The highest BCUT2D eigenvalue weighted by molar-refractivity contribution is 7.17. The third kappa shape index (κ3) is 5.35. The molecule has 3 aromatic rings. The highest BCUT2D eigenvalue weighted by atomic mass is 32.1. The van der Waals surface area contributed by atoms with Crippen LogP contribution in [0.2, 0.25) is 16.6 Å². The van der Waals surface area contributed by atoms with Crippen molar-refractivity contribution < 1.29 is 18.7 Å². The van der Waals surface area contributed by atoms with Gasteiger partial charge >= 0.3 is 0 Å². The minimum absolute atomic E-state index is 0.0483. The Morgan fingerprint density at radius 1 is 0.897 bits per heavy atom. The fraction of sp³-hybridized carbons (Fsp3) is 0.469. The lowest BCUT2D eigenvalue weighted by Crippen LogP contribution is -2.50. The number of thiophene rings is 1. The van der Waals surface area contributed by atoms with E-state index in [1.807, 2.05) is 35.2 Å². The summed E-state index contributed by atoms with van der Waals surface area (Å²) < 4.78 is 18.6. The van der Waals surface area contributed by atoms with Crippen LogP contribution in [0, 0.1) is 0 Å². The first-order valence-electron chi connectivity index (χ1n) is 14.2. The lowest BCUT2D eigenvalue weighted by Gasteiger charge is -2.42. The van der Waals surface area contributed by atoms with Gasteiger partial charge in [0.15, 0.2) is 5.75 Å². The first-order valence-corrected chi connectivity index (χ1v) is 17.2. The molecule has 2 heterocycles. The zero-order valence-corrected chi connectivity index (χ0v) is 26.1. The third-order valence-corrected chi connectivity index (χ3v) is 15.5. The van der Waals surface area contributed by atoms with E-state index in [0.717, 1.165) is 57.3 Å². The van der Waals surface area contributed by atoms with Crippen LogP contribution in [0.1, 0.15) is 69.6 Å². The Hall–Kier alpha value is -2.77. The number of fused-ring (bicyclic) bond motifs is 1. The number of anilines is 1. The van der Waals surface area contributed by atoms with Crippen LogP contribution < -0.4 is 18.8 Å². The highest BCUT2D eigenvalue weighted by Gasteiger charge is 2.47. The largest absolute Gasteiger partial charge is 0.540 e. The molecule has 5 rings (SSSR count). The molecule has 5 nitrogen and oxygen atoms in total. The molecule has 39 heavy (non-hydrogen) atoms. The number of hydrogen-bond acceptors (Lipinski definition) is 5. The van der Waals surface area contributed by atoms with Gasteiger partial charge in [-0.2, -0.15) is 0 Å². The summed E-state index contributed by atoms with van der Waals surface area (Å²) in [4.78, 5) is 17.5. The van der Waals surface area contributed by atoms with E-state index in [0.29, 0.717) is 35.0 Å². The van der Waals surface area contributed by atoms with Gasteiger partial charge in [0.05, 0.1) is 18.1 Å². The summed E-state index contributed by atoms with van der Waals surface area (Å²) in [6.45, 7) is 14.3. The maximum atomic E-state index is 13.7. The Morgan fingerprint density at radius 2 is 1.56 bits per heavy atom. The van der Waals surface area contributed by atoms with Gasteiger partial charge < -0.3 is 18.8 Å². The van der Waals surface area contributed by atoms with Gasteiger partial charge in [-0.05, 0) is 89.5 Å². The van der Waals surface area contributed by atoms with Crippen molar-refractivity contribution in [3.63, 3.8) is 0 Å². The maximum absolute atomic E-state index is 13.7. The summed E-state index contributed by atoms with van der Waals surface area (Å²) in [5.74, 6) is 2.43. The summed E-state index contributed by atoms with van der Waals surface area (Å²) in [5, 5.41) is 0. The Bertz CT molecular complexity index is 1300. The molecule has 0 unspecified atom stereocenters. The van der Waals surface area contributed by atoms with Crippen molar-refractivity contribution in [2.24, 2.45) is 0 Å². The van der Waals surface area contributed by atoms with Gasteiger partial charge in [0.2, 0.25) is 0 Å². The van der Waals surface area contributed by atoms with E-state index in [-0.39, 0.29) is 5.91 Å². The monoisotopic (exact) mass is 563 g/mol. The first-order chi connectivity index (χ1) is 18.6. The van der Waals surface area contributed by atoms with E-state index >= 15 is 0 Å². The van der Waals surface area contributed by atoms with Gasteiger partial charge in [0.25, 0.3) is 14.2 Å². The van der Waals surface area contributed by atoms with Gasteiger partial charge in [0.1, 0.15) is 11.5 Å². The van der Waals surface area contributed by atoms with Crippen LogP contribution in [0.3, 0.4) is 0 Å². The number of methoxy groups -OCH3 is 1. The van der Waals surface area contributed by atoms with Gasteiger partial charge in [-0.25, -0.2) is 0 Å². The van der Waals surface area contributed by atoms with E-state index in [1.54, 1.807) is 18.4 Å². The van der Waals surface area contributed by atoms with Crippen molar-refractivity contribution in [3.05, 3.63) is 59.0 Å². The first kappa shape index (κ1) is 27.8. The van der Waals surface area contributed by atoms with Crippen LogP contribution in [0.25, 0.3) is 10.4 Å². The molecule has 7 heteroatoms. The lowest BCUT2D eigenvalue weighted by atomic mass is 10.1. The second kappa shape index (κ2) is 11.0. The molecule has 0 bridgehead atoms. The maximum Gasteiger partial charge on any atom is 0.268 e. The highest BCUT2D eigenvalue weighted by Crippen LogP contribution is 2.46. The Labute approximate surface area is 238 Å². The second-order valence-corrected chi connectivity index (χ2v) is 18.2. The van der Waals surface area contributed by atoms with Gasteiger partial charge in [0, 0.05) is 23.2 Å². The van der Waals surface area contributed by atoms with E-state index in [1.165, 1.54) is 0 Å². The third-order valence-electron chi connectivity index (χ3n) is 8.27. The summed E-state index contributed by atoms with van der Waals surface area (Å²) in [7, 11) is -0.460. The number of carbonyl (C=O) groups is 1. The molecule has 1 saturated carbocycles. The summed E-state index contributed by atoms with van der Waals surface area (Å²) in [6, 6.07) is 16.4. The summed E-state index contributed by atoms with van der Waals surface area (Å²) >= 11 is 1.58. The molecule has 0 N–H and O–H groups in total. The average molecular weight is 564 g/mol. The molecule has 1 aromatic heterocycles. The number of amides is 1. The smallest absolute Gasteiger partial charge is 0.268 e. The molecule has 0 saturated heterocycles. The fourth-order valence-electron chi connectivity index (χ4n) is 6.17. The van der Waals surface area contributed by atoms with Crippen molar-refractivity contribution in [1.29, 1.82) is 0 Å². The zero-order chi connectivity index (χ0) is 27.9. The van der Waals surface area contributed by atoms with Crippen LogP contribution in [0.5, 0.6) is 17.2 Å². The molecular formula is C32H41NO4SSi. The quantitative estimate of drug-likeness (QED) is 0.231. The van der Waals surface area contributed by atoms with Crippen molar-refractivity contribution in [2.45, 2.75) is 83.5 Å². The standard InChI is InChI=1S/C32H41NO4SSi/c1-20(2)39(21(3)4,22(5)6)37-28-15-10-25(19-29(28)35-7)33-17-16-24-18-30(38-31(24)32(33)34)23-8-11-26(12-9-23)36-27-13-14-27/h8-12,15,18-22,27H,13-14,16-17H2,1-7H3. The molecule has 1 aliphatic heterocycles. The minimum Gasteiger partial charge on any atom is -0.540 e. The fourth-order valence-corrected chi connectivity index (χ4v) is 12.6.